The van der Waals surface area contributed by atoms with Gasteiger partial charge in [0.25, 0.3) is 0 Å². The number of ether oxygens (including phenoxy) is 2. The normalized spacial score (nSPS) is 15.1. The van der Waals surface area contributed by atoms with Crippen LogP contribution in [0.2, 0.25) is 0 Å². The zero-order valence-electron chi connectivity index (χ0n) is 10.5. The third kappa shape index (κ3) is 7.36. The maximum absolute atomic E-state index is 5.72. The predicted molar refractivity (Wildman–Crippen MR) is 79.5 cm³/mol. The van der Waals surface area contributed by atoms with Gasteiger partial charge in [0.05, 0.1) is 24.3 Å². The smallest absolute Gasteiger partial charge is 0.0976 e. The van der Waals surface area contributed by atoms with E-state index < -0.39 is 0 Å². The van der Waals surface area contributed by atoms with Crippen LogP contribution in [0.15, 0.2) is 21.7 Å². The van der Waals surface area contributed by atoms with Gasteiger partial charge in [0.15, 0.2) is 0 Å². The molecule has 0 amide bonds. The number of thioether (sulfide) groups is 1. The summed E-state index contributed by atoms with van der Waals surface area (Å²) in [5.41, 5.74) is -0.0566. The Labute approximate surface area is 117 Å². The Bertz CT molecular complexity index is 286. The van der Waals surface area contributed by atoms with E-state index in [2.05, 4.69) is 29.5 Å². The fraction of sp³-hybridized carbons (Fsp3) is 0.667. The topological polar surface area (TPSA) is 18.5 Å². The number of thiophene rings is 1. The summed E-state index contributed by atoms with van der Waals surface area (Å²) in [5.74, 6) is 0.897. The standard InChI is InChI=1S/C12H20O2S3/c1-9(2)13-6-11(14-10(3)15)7-17-12-4-5-16-8-12/h4-5,8-11,15H,6-7H2,1-3H3. The third-order valence-corrected chi connectivity index (χ3v) is 4.02. The van der Waals surface area contributed by atoms with Gasteiger partial charge in [-0.25, -0.2) is 0 Å². The molecule has 0 bridgehead atoms. The molecule has 0 aliphatic rings. The van der Waals surface area contributed by atoms with Crippen molar-refractivity contribution in [3.05, 3.63) is 16.8 Å². The largest absolute Gasteiger partial charge is 0.376 e. The summed E-state index contributed by atoms with van der Waals surface area (Å²) in [6.45, 7) is 6.63. The molecule has 0 radical (unpaired) electrons. The Balaban J connectivity index is 2.34. The number of thiol groups is 1. The fourth-order valence-corrected chi connectivity index (χ4v) is 3.16. The molecule has 1 aromatic rings. The molecule has 1 heterocycles. The molecule has 5 heteroatoms. The maximum Gasteiger partial charge on any atom is 0.0976 e. The number of hydrogen-bond acceptors (Lipinski definition) is 5. The quantitative estimate of drug-likeness (QED) is 0.445. The van der Waals surface area contributed by atoms with Crippen molar-refractivity contribution >= 4 is 35.7 Å². The Kier molecular flexibility index (Phi) is 7.62. The second-order valence-electron chi connectivity index (χ2n) is 4.01. The monoisotopic (exact) mass is 292 g/mol. The molecule has 2 unspecified atom stereocenters. The number of rotatable bonds is 8. The van der Waals surface area contributed by atoms with Crippen LogP contribution in [0.25, 0.3) is 0 Å². The van der Waals surface area contributed by atoms with Gasteiger partial charge in [-0.3, -0.25) is 0 Å². The van der Waals surface area contributed by atoms with Crippen LogP contribution >= 0.6 is 35.7 Å². The van der Waals surface area contributed by atoms with E-state index in [1.807, 2.05) is 20.8 Å². The van der Waals surface area contributed by atoms with Gasteiger partial charge in [0.1, 0.15) is 0 Å². The van der Waals surface area contributed by atoms with Crippen molar-refractivity contribution in [2.45, 2.75) is 43.3 Å². The summed E-state index contributed by atoms with van der Waals surface area (Å²) in [5, 5.41) is 4.24. The fourth-order valence-electron chi connectivity index (χ4n) is 1.23. The Hall–Kier alpha value is 0.320. The minimum atomic E-state index is -0.0566. The van der Waals surface area contributed by atoms with E-state index in [4.69, 9.17) is 9.47 Å². The zero-order valence-corrected chi connectivity index (χ0v) is 13.0. The molecular formula is C12H20O2S3. The minimum absolute atomic E-state index is 0.0566. The van der Waals surface area contributed by atoms with E-state index in [-0.39, 0.29) is 17.6 Å². The van der Waals surface area contributed by atoms with Crippen molar-refractivity contribution in [2.75, 3.05) is 12.4 Å². The molecule has 17 heavy (non-hydrogen) atoms. The summed E-state index contributed by atoms with van der Waals surface area (Å²) in [7, 11) is 0. The van der Waals surface area contributed by atoms with Crippen LogP contribution in [0, 0.1) is 0 Å². The lowest BCUT2D eigenvalue weighted by atomic mass is 10.4. The SMILES string of the molecule is CC(C)OCC(CSc1ccsc1)OC(C)S. The van der Waals surface area contributed by atoms with E-state index in [0.29, 0.717) is 6.61 Å². The molecule has 0 aliphatic carbocycles. The summed E-state index contributed by atoms with van der Waals surface area (Å²) in [6.07, 6.45) is 0.331. The van der Waals surface area contributed by atoms with Gasteiger partial charge in [-0.05, 0) is 32.2 Å². The molecule has 2 nitrogen and oxygen atoms in total. The van der Waals surface area contributed by atoms with Gasteiger partial charge in [0.2, 0.25) is 0 Å². The van der Waals surface area contributed by atoms with E-state index in [0.717, 1.165) is 5.75 Å². The minimum Gasteiger partial charge on any atom is -0.376 e. The lowest BCUT2D eigenvalue weighted by molar-refractivity contribution is -0.0284. The molecule has 2 atom stereocenters. The average molecular weight is 292 g/mol. The first-order chi connectivity index (χ1) is 8.08. The average Bonchev–Trinajstić information content (AvgIpc) is 2.74. The van der Waals surface area contributed by atoms with E-state index in [9.17, 15) is 0 Å². The van der Waals surface area contributed by atoms with Gasteiger partial charge < -0.3 is 9.47 Å². The summed E-state index contributed by atoms with van der Waals surface area (Å²) < 4.78 is 11.3. The first kappa shape index (κ1) is 15.4. The van der Waals surface area contributed by atoms with Crippen LogP contribution in [-0.2, 0) is 9.47 Å². The Morgan fingerprint density at radius 3 is 2.71 bits per heavy atom. The highest BCUT2D eigenvalue weighted by Gasteiger charge is 2.13. The molecule has 1 aromatic heterocycles. The molecule has 0 fully saturated rings. The highest BCUT2D eigenvalue weighted by molar-refractivity contribution is 7.99. The van der Waals surface area contributed by atoms with Crippen molar-refractivity contribution in [1.82, 2.24) is 0 Å². The van der Waals surface area contributed by atoms with Crippen LogP contribution < -0.4 is 0 Å². The first-order valence-corrected chi connectivity index (χ1v) is 8.12. The highest BCUT2D eigenvalue weighted by atomic mass is 32.2. The molecule has 0 N–H and O–H groups in total. The number of hydrogen-bond donors (Lipinski definition) is 1. The van der Waals surface area contributed by atoms with Crippen LogP contribution in [0.4, 0.5) is 0 Å². The van der Waals surface area contributed by atoms with Crippen molar-refractivity contribution in [3.63, 3.8) is 0 Å². The summed E-state index contributed by atoms with van der Waals surface area (Å²) >= 11 is 7.78. The van der Waals surface area contributed by atoms with Crippen LogP contribution in [0.3, 0.4) is 0 Å². The Morgan fingerprint density at radius 2 is 2.18 bits per heavy atom. The Morgan fingerprint density at radius 1 is 1.41 bits per heavy atom. The van der Waals surface area contributed by atoms with Crippen molar-refractivity contribution in [1.29, 1.82) is 0 Å². The second-order valence-corrected chi connectivity index (χ2v) is 6.61. The molecule has 1 rings (SSSR count). The van der Waals surface area contributed by atoms with Crippen molar-refractivity contribution in [2.24, 2.45) is 0 Å². The molecule has 0 saturated carbocycles. The lowest BCUT2D eigenvalue weighted by Gasteiger charge is -2.20. The predicted octanol–water partition coefficient (Wildman–Crippen LogP) is 3.93. The van der Waals surface area contributed by atoms with Crippen LogP contribution in [0.5, 0.6) is 0 Å². The molecule has 0 saturated heterocycles. The van der Waals surface area contributed by atoms with Gasteiger partial charge >= 0.3 is 0 Å². The van der Waals surface area contributed by atoms with Gasteiger partial charge in [-0.2, -0.15) is 11.3 Å². The first-order valence-electron chi connectivity index (χ1n) is 5.68. The lowest BCUT2D eigenvalue weighted by Crippen LogP contribution is -2.26. The van der Waals surface area contributed by atoms with Gasteiger partial charge in [-0.15, -0.1) is 24.4 Å². The van der Waals surface area contributed by atoms with Crippen LogP contribution in [0.1, 0.15) is 20.8 Å². The zero-order chi connectivity index (χ0) is 12.7. The van der Waals surface area contributed by atoms with Crippen molar-refractivity contribution in [3.8, 4) is 0 Å². The van der Waals surface area contributed by atoms with E-state index in [1.54, 1.807) is 23.1 Å². The summed E-state index contributed by atoms with van der Waals surface area (Å²) in [6, 6.07) is 2.12. The van der Waals surface area contributed by atoms with Gasteiger partial charge in [0, 0.05) is 16.0 Å². The van der Waals surface area contributed by atoms with Crippen molar-refractivity contribution < 1.29 is 9.47 Å². The van der Waals surface area contributed by atoms with Crippen LogP contribution in [-0.4, -0.2) is 30.0 Å². The molecular weight excluding hydrogens is 272 g/mol. The third-order valence-electron chi connectivity index (χ3n) is 1.94. The molecule has 98 valence electrons. The molecule has 0 aromatic carbocycles. The van der Waals surface area contributed by atoms with Gasteiger partial charge in [-0.1, -0.05) is 0 Å². The molecule has 0 aliphatic heterocycles. The molecule has 0 spiro atoms. The maximum atomic E-state index is 5.72. The van der Waals surface area contributed by atoms with E-state index in [1.165, 1.54) is 4.90 Å². The second kappa shape index (κ2) is 8.43. The summed E-state index contributed by atoms with van der Waals surface area (Å²) in [4.78, 5) is 1.29. The van der Waals surface area contributed by atoms with E-state index >= 15 is 0 Å². The highest BCUT2D eigenvalue weighted by Crippen LogP contribution is 2.23.